The Bertz CT molecular complexity index is 1180. The van der Waals surface area contributed by atoms with Crippen LogP contribution in [0.15, 0.2) is 30.7 Å². The summed E-state index contributed by atoms with van der Waals surface area (Å²) < 4.78 is 15.4. The second-order valence-corrected chi connectivity index (χ2v) is 7.82. The third kappa shape index (κ3) is 2.69. The fraction of sp³-hybridized carbons (Fsp3) is 0.211. The molecule has 27 heavy (non-hydrogen) atoms. The van der Waals surface area contributed by atoms with Crippen molar-refractivity contribution in [3.8, 4) is 10.4 Å². The monoisotopic (exact) mass is 399 g/mol. The van der Waals surface area contributed by atoms with Crippen LogP contribution in [0.3, 0.4) is 0 Å². The molecule has 0 spiro atoms. The van der Waals surface area contributed by atoms with E-state index in [0.29, 0.717) is 11.5 Å². The number of rotatable bonds is 3. The van der Waals surface area contributed by atoms with Crippen molar-refractivity contribution >= 4 is 44.7 Å². The zero-order valence-electron chi connectivity index (χ0n) is 14.5. The minimum absolute atomic E-state index is 0.0780. The molecule has 3 heterocycles. The van der Waals surface area contributed by atoms with Gasteiger partial charge in [0.05, 0.1) is 16.1 Å². The van der Waals surface area contributed by atoms with Gasteiger partial charge in [-0.2, -0.15) is 5.10 Å². The topological polar surface area (TPSA) is 55.6 Å². The van der Waals surface area contributed by atoms with Crippen molar-refractivity contribution < 1.29 is 4.39 Å². The second kappa shape index (κ2) is 6.28. The third-order valence-electron chi connectivity index (χ3n) is 4.79. The summed E-state index contributed by atoms with van der Waals surface area (Å²) in [4.78, 5) is 11.1. The Labute approximate surface area is 163 Å². The Morgan fingerprint density at radius 1 is 1.30 bits per heavy atom. The number of thiophene rings is 1. The highest BCUT2D eigenvalue weighted by Crippen LogP contribution is 2.45. The molecule has 0 amide bonds. The predicted octanol–water partition coefficient (Wildman–Crippen LogP) is 5.21. The lowest BCUT2D eigenvalue weighted by molar-refractivity contribution is 0.628. The van der Waals surface area contributed by atoms with Gasteiger partial charge < -0.3 is 5.32 Å². The Balaban J connectivity index is 1.64. The Hall–Kier alpha value is -2.51. The highest BCUT2D eigenvalue weighted by atomic mass is 35.5. The molecule has 5 nitrogen and oxygen atoms in total. The van der Waals surface area contributed by atoms with Crippen LogP contribution in [0.4, 0.5) is 15.9 Å². The van der Waals surface area contributed by atoms with Crippen molar-refractivity contribution in [3.05, 3.63) is 52.8 Å². The van der Waals surface area contributed by atoms with Gasteiger partial charge in [-0.05, 0) is 43.5 Å². The van der Waals surface area contributed by atoms with Crippen LogP contribution >= 0.6 is 22.9 Å². The Morgan fingerprint density at radius 3 is 3.00 bits per heavy atom. The summed E-state index contributed by atoms with van der Waals surface area (Å²) in [6, 6.07) is 4.56. The van der Waals surface area contributed by atoms with Gasteiger partial charge in [-0.15, -0.1) is 11.3 Å². The smallest absolute Gasteiger partial charge is 0.142 e. The number of aromatic nitrogens is 4. The van der Waals surface area contributed by atoms with Crippen LogP contribution in [-0.2, 0) is 19.4 Å². The molecule has 0 bridgehead atoms. The highest BCUT2D eigenvalue weighted by Gasteiger charge is 2.26. The van der Waals surface area contributed by atoms with Gasteiger partial charge in [0, 0.05) is 28.9 Å². The molecule has 3 aromatic heterocycles. The first-order chi connectivity index (χ1) is 13.1. The van der Waals surface area contributed by atoms with Gasteiger partial charge in [0.1, 0.15) is 22.8 Å². The van der Waals surface area contributed by atoms with Gasteiger partial charge in [-0.1, -0.05) is 11.6 Å². The minimum atomic E-state index is -0.441. The lowest BCUT2D eigenvalue weighted by Gasteiger charge is -2.12. The van der Waals surface area contributed by atoms with E-state index in [2.05, 4.69) is 33.5 Å². The van der Waals surface area contributed by atoms with Crippen LogP contribution in [0.1, 0.15) is 18.2 Å². The molecule has 8 heteroatoms. The first kappa shape index (κ1) is 16.6. The van der Waals surface area contributed by atoms with Crippen LogP contribution in [0.5, 0.6) is 0 Å². The lowest BCUT2D eigenvalue weighted by Crippen LogP contribution is -2.03. The van der Waals surface area contributed by atoms with E-state index in [1.165, 1.54) is 22.1 Å². The van der Waals surface area contributed by atoms with E-state index in [-0.39, 0.29) is 5.02 Å². The number of anilines is 2. The highest BCUT2D eigenvalue weighted by molar-refractivity contribution is 7.22. The number of hydrogen-bond acceptors (Lipinski definition) is 5. The number of benzene rings is 1. The van der Waals surface area contributed by atoms with E-state index < -0.39 is 5.82 Å². The minimum Gasteiger partial charge on any atom is -0.340 e. The average molecular weight is 400 g/mol. The largest absolute Gasteiger partial charge is 0.340 e. The van der Waals surface area contributed by atoms with Crippen molar-refractivity contribution in [2.75, 3.05) is 5.32 Å². The summed E-state index contributed by atoms with van der Waals surface area (Å²) in [5, 5.41) is 9.04. The molecule has 0 saturated carbocycles. The standard InChI is InChI=1S/C19H15ClFN5S/c1-2-26-8-12-15(25-26)6-4-11-16-18(22-9-23-19(16)27-17(11)12)24-10-3-5-14(21)13(20)7-10/h3,5,7-9H,2,4,6H2,1H3,(H,22,23,24). The number of nitrogens with zero attached hydrogens (tertiary/aromatic N) is 4. The van der Waals surface area contributed by atoms with Crippen LogP contribution in [0.2, 0.25) is 5.02 Å². The molecule has 0 atom stereocenters. The van der Waals surface area contributed by atoms with E-state index in [0.717, 1.165) is 35.3 Å². The van der Waals surface area contributed by atoms with Crippen LogP contribution in [0.25, 0.3) is 20.7 Å². The van der Waals surface area contributed by atoms with Gasteiger partial charge in [-0.3, -0.25) is 4.68 Å². The van der Waals surface area contributed by atoms with Crippen molar-refractivity contribution in [2.24, 2.45) is 0 Å². The van der Waals surface area contributed by atoms with E-state index >= 15 is 0 Å². The zero-order valence-corrected chi connectivity index (χ0v) is 16.0. The maximum atomic E-state index is 13.4. The van der Waals surface area contributed by atoms with E-state index in [4.69, 9.17) is 11.6 Å². The number of aryl methyl sites for hydroxylation is 3. The van der Waals surface area contributed by atoms with Crippen molar-refractivity contribution in [1.82, 2.24) is 19.7 Å². The fourth-order valence-electron chi connectivity index (χ4n) is 3.49. The summed E-state index contributed by atoms with van der Waals surface area (Å²) >= 11 is 7.58. The Kier molecular flexibility index (Phi) is 3.87. The van der Waals surface area contributed by atoms with Gasteiger partial charge in [-0.25, -0.2) is 14.4 Å². The molecule has 0 fully saturated rings. The molecular weight excluding hydrogens is 385 g/mol. The molecule has 0 unspecified atom stereocenters. The molecule has 1 aliphatic carbocycles. The van der Waals surface area contributed by atoms with Crippen LogP contribution < -0.4 is 5.32 Å². The summed E-state index contributed by atoms with van der Waals surface area (Å²) in [5.74, 6) is 0.273. The summed E-state index contributed by atoms with van der Waals surface area (Å²) in [6.07, 6.45) is 5.46. The van der Waals surface area contributed by atoms with E-state index in [1.54, 1.807) is 29.8 Å². The van der Waals surface area contributed by atoms with Gasteiger partial charge >= 0.3 is 0 Å². The summed E-state index contributed by atoms with van der Waals surface area (Å²) in [6.45, 7) is 2.94. The molecular formula is C19H15ClFN5S. The number of nitrogens with one attached hydrogen (secondary N) is 1. The quantitative estimate of drug-likeness (QED) is 0.513. The molecule has 0 radical (unpaired) electrons. The average Bonchev–Trinajstić information content (AvgIpc) is 3.25. The summed E-state index contributed by atoms with van der Waals surface area (Å²) in [7, 11) is 0. The molecule has 5 rings (SSSR count). The molecule has 0 saturated heterocycles. The Morgan fingerprint density at radius 2 is 2.19 bits per heavy atom. The third-order valence-corrected chi connectivity index (χ3v) is 6.25. The van der Waals surface area contributed by atoms with Gasteiger partial charge in [0.15, 0.2) is 0 Å². The van der Waals surface area contributed by atoms with Crippen LogP contribution in [0, 0.1) is 5.82 Å². The number of hydrogen-bond donors (Lipinski definition) is 1. The molecule has 1 aromatic carbocycles. The molecule has 1 N–H and O–H groups in total. The van der Waals surface area contributed by atoms with Gasteiger partial charge in [0.25, 0.3) is 0 Å². The van der Waals surface area contributed by atoms with E-state index in [1.807, 2.05) is 4.68 Å². The second-order valence-electron chi connectivity index (χ2n) is 6.41. The predicted molar refractivity (Wildman–Crippen MR) is 106 cm³/mol. The summed E-state index contributed by atoms with van der Waals surface area (Å²) in [5.41, 5.74) is 4.27. The maximum absolute atomic E-state index is 13.4. The van der Waals surface area contributed by atoms with E-state index in [9.17, 15) is 4.39 Å². The molecule has 1 aliphatic rings. The van der Waals surface area contributed by atoms with Crippen LogP contribution in [-0.4, -0.2) is 19.7 Å². The number of fused-ring (bicyclic) bond motifs is 5. The van der Waals surface area contributed by atoms with Crippen molar-refractivity contribution in [3.63, 3.8) is 0 Å². The molecule has 136 valence electrons. The zero-order chi connectivity index (χ0) is 18.5. The van der Waals surface area contributed by atoms with Gasteiger partial charge in [0.2, 0.25) is 0 Å². The maximum Gasteiger partial charge on any atom is 0.142 e. The fourth-order valence-corrected chi connectivity index (χ4v) is 4.90. The molecule has 0 aliphatic heterocycles. The first-order valence-corrected chi connectivity index (χ1v) is 9.88. The lowest BCUT2D eigenvalue weighted by atomic mass is 9.95. The van der Waals surface area contributed by atoms with Crippen molar-refractivity contribution in [1.29, 1.82) is 0 Å². The normalized spacial score (nSPS) is 12.9. The molecule has 4 aromatic rings. The SMILES string of the molecule is CCn1cc2c(n1)CCc1c-2sc2ncnc(Nc3ccc(F)c(Cl)c3)c12. The van der Waals surface area contributed by atoms with Crippen molar-refractivity contribution in [2.45, 2.75) is 26.3 Å². The number of halogens is 2. The first-order valence-electron chi connectivity index (χ1n) is 8.69.